The van der Waals surface area contributed by atoms with Crippen LogP contribution >= 0.6 is 0 Å². The molecule has 12 aromatic rings. The molecule has 0 saturated carbocycles. The predicted molar refractivity (Wildman–Crippen MR) is 239 cm³/mol. The second-order valence-electron chi connectivity index (χ2n) is 14.8. The molecule has 10 aromatic carbocycles. The molecule has 0 aliphatic rings. The Balaban J connectivity index is 1.10. The van der Waals surface area contributed by atoms with E-state index in [1.54, 1.807) is 0 Å². The summed E-state index contributed by atoms with van der Waals surface area (Å²) in [6, 6.07) is 71.5. The first kappa shape index (κ1) is 31.7. The van der Waals surface area contributed by atoms with Crippen molar-refractivity contribution in [1.29, 1.82) is 0 Å². The minimum atomic E-state index is 0.849. The van der Waals surface area contributed by atoms with Crippen LogP contribution in [0.4, 0.5) is 17.1 Å². The van der Waals surface area contributed by atoms with Gasteiger partial charge >= 0.3 is 0 Å². The number of anilines is 3. The summed E-state index contributed by atoms with van der Waals surface area (Å²) in [4.78, 5) is 2.39. The fourth-order valence-electron chi connectivity index (χ4n) is 9.07. The van der Waals surface area contributed by atoms with Crippen molar-refractivity contribution in [1.82, 2.24) is 0 Å². The van der Waals surface area contributed by atoms with Crippen molar-refractivity contribution in [2.24, 2.45) is 0 Å². The molecule has 2 heterocycles. The summed E-state index contributed by atoms with van der Waals surface area (Å²) in [5, 5.41) is 11.7. The highest BCUT2D eigenvalue weighted by atomic mass is 16.3. The summed E-state index contributed by atoms with van der Waals surface area (Å²) >= 11 is 0. The molecule has 0 radical (unpaired) electrons. The molecule has 0 fully saturated rings. The number of fused-ring (bicyclic) bond motifs is 11. The number of benzene rings is 10. The third kappa shape index (κ3) is 4.86. The fraction of sp³-hybridized carbons (Fsp3) is 0. The number of rotatable bonds is 5. The molecule has 0 unspecified atom stereocenters. The van der Waals surface area contributed by atoms with Gasteiger partial charge in [0, 0.05) is 38.4 Å². The van der Waals surface area contributed by atoms with Crippen molar-refractivity contribution in [3.63, 3.8) is 0 Å². The van der Waals surface area contributed by atoms with E-state index in [1.165, 1.54) is 32.7 Å². The molecule has 0 N–H and O–H groups in total. The van der Waals surface area contributed by atoms with Crippen LogP contribution in [0.5, 0.6) is 0 Å². The first-order valence-corrected chi connectivity index (χ1v) is 19.4. The summed E-state index contributed by atoms with van der Waals surface area (Å²) in [5.74, 6) is 0. The largest absolute Gasteiger partial charge is 0.456 e. The average Bonchev–Trinajstić information content (AvgIpc) is 3.86. The van der Waals surface area contributed by atoms with Gasteiger partial charge in [0.15, 0.2) is 0 Å². The maximum atomic E-state index is 6.91. The van der Waals surface area contributed by atoms with E-state index in [0.29, 0.717) is 0 Å². The van der Waals surface area contributed by atoms with E-state index in [-0.39, 0.29) is 0 Å². The van der Waals surface area contributed by atoms with Gasteiger partial charge in [-0.25, -0.2) is 0 Å². The molecule has 0 atom stereocenters. The molecule has 2 aromatic heterocycles. The second-order valence-corrected chi connectivity index (χ2v) is 14.8. The first-order valence-electron chi connectivity index (χ1n) is 19.4. The van der Waals surface area contributed by atoms with Crippen molar-refractivity contribution in [3.8, 4) is 22.3 Å². The fourth-order valence-corrected chi connectivity index (χ4v) is 9.07. The average molecular weight is 728 g/mol. The molecule has 3 nitrogen and oxygen atoms in total. The minimum Gasteiger partial charge on any atom is -0.456 e. The Morgan fingerprint density at radius 2 is 0.930 bits per heavy atom. The topological polar surface area (TPSA) is 29.5 Å². The normalized spacial score (nSPS) is 11.9. The second kappa shape index (κ2) is 12.5. The van der Waals surface area contributed by atoms with Crippen molar-refractivity contribution < 1.29 is 8.83 Å². The van der Waals surface area contributed by atoms with Gasteiger partial charge in [-0.1, -0.05) is 152 Å². The third-order valence-corrected chi connectivity index (χ3v) is 11.7. The Hall–Kier alpha value is -7.62. The molecule has 0 saturated heterocycles. The van der Waals surface area contributed by atoms with E-state index in [2.05, 4.69) is 193 Å². The predicted octanol–water partition coefficient (Wildman–Crippen LogP) is 15.7. The van der Waals surface area contributed by atoms with Crippen LogP contribution in [0.3, 0.4) is 0 Å². The zero-order chi connectivity index (χ0) is 37.5. The summed E-state index contributed by atoms with van der Waals surface area (Å²) in [6.45, 7) is 0. The molecule has 3 heteroatoms. The Morgan fingerprint density at radius 3 is 1.81 bits per heavy atom. The SMILES string of the molecule is c1ccc(N(c2ccc(-c3cc4ccccc4c4ccccc34)cc2)c2cccc3oc4ccccc4c23)c(-c2cccc3c2oc2c4ccccc4ccc32)c1. The zero-order valence-corrected chi connectivity index (χ0v) is 30.8. The maximum Gasteiger partial charge on any atom is 0.143 e. The summed E-state index contributed by atoms with van der Waals surface area (Å²) in [7, 11) is 0. The Kier molecular flexibility index (Phi) is 6.93. The molecule has 0 aliphatic carbocycles. The molecule has 0 bridgehead atoms. The van der Waals surface area contributed by atoms with Crippen LogP contribution in [0, 0.1) is 0 Å². The number of hydrogen-bond acceptors (Lipinski definition) is 3. The van der Waals surface area contributed by atoms with Gasteiger partial charge in [0.1, 0.15) is 22.3 Å². The quantitative estimate of drug-likeness (QED) is 0.165. The van der Waals surface area contributed by atoms with Crippen LogP contribution < -0.4 is 4.90 Å². The molecule has 57 heavy (non-hydrogen) atoms. The van der Waals surface area contributed by atoms with Crippen LogP contribution in [0.25, 0.3) is 98.4 Å². The standard InChI is InChI=1S/C54H33NO2/c1-4-16-39-34(13-1)29-32-45-44-22-11-21-43(54(44)57-53(39)45)42-19-7-9-23-48(42)55(49-24-12-26-51-52(49)46-20-8-10-25-50(46)56-51)37-30-27-35(28-31-37)47-33-36-14-2-3-15-38(36)40-17-5-6-18-41(40)47/h1-33H. The van der Waals surface area contributed by atoms with Gasteiger partial charge in [0.05, 0.1) is 16.8 Å². The smallest absolute Gasteiger partial charge is 0.143 e. The van der Waals surface area contributed by atoms with Crippen molar-refractivity contribution >= 4 is 93.3 Å². The van der Waals surface area contributed by atoms with Gasteiger partial charge in [0.25, 0.3) is 0 Å². The van der Waals surface area contributed by atoms with Crippen LogP contribution in [0.15, 0.2) is 209 Å². The van der Waals surface area contributed by atoms with Gasteiger partial charge in [-0.2, -0.15) is 0 Å². The first-order chi connectivity index (χ1) is 28.3. The molecule has 0 aliphatic heterocycles. The van der Waals surface area contributed by atoms with Crippen LogP contribution in [0.2, 0.25) is 0 Å². The highest BCUT2D eigenvalue weighted by Gasteiger charge is 2.24. The van der Waals surface area contributed by atoms with E-state index in [9.17, 15) is 0 Å². The van der Waals surface area contributed by atoms with Crippen molar-refractivity contribution in [2.75, 3.05) is 4.90 Å². The van der Waals surface area contributed by atoms with E-state index < -0.39 is 0 Å². The monoisotopic (exact) mass is 727 g/mol. The zero-order valence-electron chi connectivity index (χ0n) is 30.8. The van der Waals surface area contributed by atoms with Gasteiger partial charge in [-0.15, -0.1) is 0 Å². The lowest BCUT2D eigenvalue weighted by Gasteiger charge is -2.28. The highest BCUT2D eigenvalue weighted by molar-refractivity contribution is 6.19. The summed E-state index contributed by atoms with van der Waals surface area (Å²) in [6.07, 6.45) is 0. The van der Waals surface area contributed by atoms with Gasteiger partial charge in [-0.3, -0.25) is 0 Å². The molecule has 0 spiro atoms. The molecule has 0 amide bonds. The number of nitrogens with zero attached hydrogens (tertiary/aromatic N) is 1. The van der Waals surface area contributed by atoms with Crippen molar-refractivity contribution in [2.45, 2.75) is 0 Å². The number of para-hydroxylation sites is 3. The lowest BCUT2D eigenvalue weighted by molar-refractivity contribution is 0.669. The molecular formula is C54H33NO2. The minimum absolute atomic E-state index is 0.849. The number of hydrogen-bond donors (Lipinski definition) is 0. The maximum absolute atomic E-state index is 6.91. The van der Waals surface area contributed by atoms with Crippen LogP contribution in [-0.4, -0.2) is 0 Å². The van der Waals surface area contributed by atoms with E-state index in [4.69, 9.17) is 8.83 Å². The lowest BCUT2D eigenvalue weighted by atomic mass is 9.93. The van der Waals surface area contributed by atoms with E-state index >= 15 is 0 Å². The van der Waals surface area contributed by atoms with Crippen LogP contribution in [-0.2, 0) is 0 Å². The molecule has 12 rings (SSSR count). The third-order valence-electron chi connectivity index (χ3n) is 11.7. The molecule has 266 valence electrons. The van der Waals surface area contributed by atoms with E-state index in [1.807, 2.05) is 12.1 Å². The highest BCUT2D eigenvalue weighted by Crippen LogP contribution is 2.48. The summed E-state index contributed by atoms with van der Waals surface area (Å²) in [5.41, 5.74) is 11.1. The lowest BCUT2D eigenvalue weighted by Crippen LogP contribution is -2.11. The van der Waals surface area contributed by atoms with E-state index in [0.717, 1.165) is 82.8 Å². The van der Waals surface area contributed by atoms with Gasteiger partial charge < -0.3 is 13.7 Å². The molecular weight excluding hydrogens is 695 g/mol. The Morgan fingerprint density at radius 1 is 0.316 bits per heavy atom. The summed E-state index contributed by atoms with van der Waals surface area (Å²) < 4.78 is 13.4. The Labute approximate surface area is 328 Å². The van der Waals surface area contributed by atoms with Gasteiger partial charge in [-0.05, 0) is 86.6 Å². The van der Waals surface area contributed by atoms with Crippen LogP contribution in [0.1, 0.15) is 0 Å². The van der Waals surface area contributed by atoms with Gasteiger partial charge in [0.2, 0.25) is 0 Å². The Bertz CT molecular complexity index is 3530. The number of furan rings is 2. The van der Waals surface area contributed by atoms with Crippen molar-refractivity contribution in [3.05, 3.63) is 200 Å².